The Morgan fingerprint density at radius 1 is 0.722 bits per heavy atom. The summed E-state index contributed by atoms with van der Waals surface area (Å²) in [7, 11) is 0. The van der Waals surface area contributed by atoms with E-state index in [0.29, 0.717) is 0 Å². The minimum Gasteiger partial charge on any atom is -0.466 e. The monoisotopic (exact) mass is 285 g/mol. The molecule has 0 atom stereocenters. The first-order valence-corrected chi connectivity index (χ1v) is 5.04. The molecule has 7 nitrogen and oxygen atoms in total. The molecule has 0 saturated carbocycles. The first-order valence-electron chi connectivity index (χ1n) is 5.04. The molecule has 0 saturated heterocycles. The molecular formula is C10H14KO7. The van der Waals surface area contributed by atoms with Gasteiger partial charge in [-0.05, 0) is 13.8 Å². The van der Waals surface area contributed by atoms with Gasteiger partial charge in [0.05, 0.1) is 13.2 Å². The molecule has 0 amide bonds. The van der Waals surface area contributed by atoms with E-state index >= 15 is 0 Å². The van der Waals surface area contributed by atoms with Gasteiger partial charge in [-0.25, -0.2) is 0 Å². The topological polar surface area (TPSA) is 96.0 Å². The van der Waals surface area contributed by atoms with Crippen molar-refractivity contribution < 1.29 is 33.4 Å². The summed E-state index contributed by atoms with van der Waals surface area (Å²) in [5.41, 5.74) is 0. The van der Waals surface area contributed by atoms with Gasteiger partial charge in [0, 0.05) is 51.4 Å². The van der Waals surface area contributed by atoms with Crippen LogP contribution in [0.1, 0.15) is 26.7 Å². The van der Waals surface area contributed by atoms with E-state index in [1.807, 2.05) is 0 Å². The van der Waals surface area contributed by atoms with Gasteiger partial charge in [0.25, 0.3) is 0 Å². The number of hydrogen-bond acceptors (Lipinski definition) is 7. The van der Waals surface area contributed by atoms with E-state index in [1.165, 1.54) is 0 Å². The van der Waals surface area contributed by atoms with E-state index in [0.717, 1.165) is 0 Å². The summed E-state index contributed by atoms with van der Waals surface area (Å²) in [6.45, 7) is 3.41. The van der Waals surface area contributed by atoms with Crippen LogP contribution in [0.5, 0.6) is 0 Å². The molecule has 8 heteroatoms. The smallest absolute Gasteiger partial charge is 0.324 e. The first-order chi connectivity index (χ1) is 7.99. The SMILES string of the molecule is CCOC(=O)CC(=O)OC(=O)CC(=O)OCC.[K]. The van der Waals surface area contributed by atoms with Crippen molar-refractivity contribution in [2.45, 2.75) is 26.7 Å². The number of carbonyl (C=O) groups is 4. The summed E-state index contributed by atoms with van der Waals surface area (Å²) in [5, 5.41) is 0. The van der Waals surface area contributed by atoms with Gasteiger partial charge in [0.1, 0.15) is 12.8 Å². The van der Waals surface area contributed by atoms with Crippen LogP contribution in [-0.4, -0.2) is 88.5 Å². The van der Waals surface area contributed by atoms with Crippen molar-refractivity contribution in [3.05, 3.63) is 0 Å². The average Bonchev–Trinajstić information content (AvgIpc) is 2.16. The summed E-state index contributed by atoms with van der Waals surface area (Å²) in [6.07, 6.45) is -1.33. The Morgan fingerprint density at radius 3 is 1.33 bits per heavy atom. The normalized spacial score (nSPS) is 8.78. The fraction of sp³-hybridized carbons (Fsp3) is 0.600. The molecule has 0 aromatic carbocycles. The fourth-order valence-electron chi connectivity index (χ4n) is 0.859. The first kappa shape index (κ1) is 20.0. The van der Waals surface area contributed by atoms with Crippen molar-refractivity contribution in [1.82, 2.24) is 0 Å². The molecule has 0 aromatic rings. The van der Waals surface area contributed by atoms with Crippen LogP contribution in [0.15, 0.2) is 0 Å². The van der Waals surface area contributed by atoms with Crippen LogP contribution in [0.4, 0.5) is 0 Å². The number of hydrogen-bond donors (Lipinski definition) is 0. The van der Waals surface area contributed by atoms with Crippen molar-refractivity contribution in [2.24, 2.45) is 0 Å². The third kappa shape index (κ3) is 10.8. The van der Waals surface area contributed by atoms with Gasteiger partial charge in [-0.2, -0.15) is 0 Å². The molecule has 0 bridgehead atoms. The second kappa shape index (κ2) is 11.8. The molecule has 0 unspecified atom stereocenters. The van der Waals surface area contributed by atoms with E-state index < -0.39 is 36.7 Å². The van der Waals surface area contributed by atoms with Gasteiger partial charge in [0.15, 0.2) is 0 Å². The molecule has 0 aromatic heterocycles. The molecule has 1 radical (unpaired) electrons. The molecule has 0 aliphatic rings. The Morgan fingerprint density at radius 2 is 1.06 bits per heavy atom. The van der Waals surface area contributed by atoms with Crippen LogP contribution in [0.25, 0.3) is 0 Å². The van der Waals surface area contributed by atoms with Crippen LogP contribution in [0.3, 0.4) is 0 Å². The maximum absolute atomic E-state index is 11.0. The van der Waals surface area contributed by atoms with Crippen molar-refractivity contribution in [2.75, 3.05) is 13.2 Å². The summed E-state index contributed by atoms with van der Waals surface area (Å²) in [4.78, 5) is 43.6. The van der Waals surface area contributed by atoms with Gasteiger partial charge >= 0.3 is 23.9 Å². The molecule has 0 rings (SSSR count). The van der Waals surface area contributed by atoms with Gasteiger partial charge in [-0.15, -0.1) is 0 Å². The minimum atomic E-state index is -1.06. The third-order valence-electron chi connectivity index (χ3n) is 1.42. The van der Waals surface area contributed by atoms with Crippen LogP contribution < -0.4 is 0 Å². The summed E-state index contributed by atoms with van der Waals surface area (Å²) < 4.78 is 13.1. The summed E-state index contributed by atoms with van der Waals surface area (Å²) in [5.74, 6) is -3.70. The zero-order chi connectivity index (χ0) is 13.3. The van der Waals surface area contributed by atoms with Crippen molar-refractivity contribution in [3.8, 4) is 0 Å². The molecule has 0 aliphatic heterocycles. The quantitative estimate of drug-likeness (QED) is 0.283. The van der Waals surface area contributed by atoms with Crippen LogP contribution in [0.2, 0.25) is 0 Å². The zero-order valence-corrected chi connectivity index (χ0v) is 13.8. The molecule has 0 fully saturated rings. The summed E-state index contributed by atoms with van der Waals surface area (Å²) >= 11 is 0. The van der Waals surface area contributed by atoms with Gasteiger partial charge in [-0.3, -0.25) is 19.2 Å². The fourth-order valence-corrected chi connectivity index (χ4v) is 0.859. The van der Waals surface area contributed by atoms with Crippen molar-refractivity contribution >= 4 is 75.3 Å². The molecule has 97 valence electrons. The third-order valence-corrected chi connectivity index (χ3v) is 1.42. The van der Waals surface area contributed by atoms with Crippen LogP contribution in [-0.2, 0) is 33.4 Å². The zero-order valence-electron chi connectivity index (χ0n) is 10.7. The van der Waals surface area contributed by atoms with E-state index in [2.05, 4.69) is 14.2 Å². The van der Waals surface area contributed by atoms with Gasteiger partial charge < -0.3 is 14.2 Å². The standard InChI is InChI=1S/C10H14O7.K/c1-3-15-7(11)5-9(13)17-10(14)6-8(12)16-4-2;/h3-6H2,1-2H3;. The minimum absolute atomic E-state index is 0. The van der Waals surface area contributed by atoms with Gasteiger partial charge in [-0.1, -0.05) is 0 Å². The molecule has 18 heavy (non-hydrogen) atoms. The van der Waals surface area contributed by atoms with Crippen LogP contribution >= 0.6 is 0 Å². The van der Waals surface area contributed by atoms with E-state index in [9.17, 15) is 19.2 Å². The largest absolute Gasteiger partial charge is 0.466 e. The number of esters is 4. The Labute approximate surface area is 147 Å². The maximum atomic E-state index is 11.0. The van der Waals surface area contributed by atoms with Crippen molar-refractivity contribution in [1.29, 1.82) is 0 Å². The molecule has 0 heterocycles. The number of rotatable bonds is 6. The molecule has 0 spiro atoms. The molecule has 0 N–H and O–H groups in total. The summed E-state index contributed by atoms with van der Waals surface area (Å²) in [6, 6.07) is 0. The van der Waals surface area contributed by atoms with E-state index in [4.69, 9.17) is 0 Å². The number of ether oxygens (including phenoxy) is 3. The number of carbonyl (C=O) groups excluding carboxylic acids is 4. The second-order valence-corrected chi connectivity index (χ2v) is 2.81. The molecule has 0 aliphatic carbocycles. The Kier molecular flexibility index (Phi) is 13.1. The Hall–Kier alpha value is -0.284. The van der Waals surface area contributed by atoms with E-state index in [-0.39, 0.29) is 64.6 Å². The predicted molar refractivity (Wildman–Crippen MR) is 59.4 cm³/mol. The van der Waals surface area contributed by atoms with E-state index in [1.54, 1.807) is 13.8 Å². The van der Waals surface area contributed by atoms with Gasteiger partial charge in [0.2, 0.25) is 0 Å². The maximum Gasteiger partial charge on any atom is 0.324 e. The van der Waals surface area contributed by atoms with Crippen LogP contribution in [0, 0.1) is 0 Å². The Balaban J connectivity index is 0. The second-order valence-electron chi connectivity index (χ2n) is 2.81. The predicted octanol–water partition coefficient (Wildman–Crippen LogP) is -0.418. The Bertz CT molecular complexity index is 283. The average molecular weight is 285 g/mol. The van der Waals surface area contributed by atoms with Crippen molar-refractivity contribution in [3.63, 3.8) is 0 Å². The molecular weight excluding hydrogens is 271 g/mol.